The molecule has 2 nitrogen and oxygen atoms in total. The summed E-state index contributed by atoms with van der Waals surface area (Å²) in [6.07, 6.45) is 2.21. The van der Waals surface area contributed by atoms with E-state index in [1.54, 1.807) is 19.0 Å². The van der Waals surface area contributed by atoms with Crippen LogP contribution < -0.4 is 5.32 Å². The van der Waals surface area contributed by atoms with Crippen molar-refractivity contribution in [2.45, 2.75) is 25.6 Å². The smallest absolute Gasteiger partial charge is 0.153 e. The first-order chi connectivity index (χ1) is 5.70. The maximum absolute atomic E-state index is 13.2. The van der Waals surface area contributed by atoms with E-state index in [-0.39, 0.29) is 0 Å². The molecule has 1 fully saturated rings. The molecule has 0 saturated carbocycles. The Morgan fingerprint density at radius 2 is 2.00 bits per heavy atom. The zero-order valence-corrected chi connectivity index (χ0v) is 8.02. The highest BCUT2D eigenvalue weighted by Gasteiger charge is 2.19. The monoisotopic (exact) mass is 174 g/mol. The number of nitrogens with one attached hydrogen (secondary N) is 1. The first-order valence-corrected chi connectivity index (χ1v) is 4.71. The molecule has 1 saturated heterocycles. The van der Waals surface area contributed by atoms with Crippen molar-refractivity contribution >= 4 is 0 Å². The van der Waals surface area contributed by atoms with Crippen LogP contribution in [0.5, 0.6) is 0 Å². The first kappa shape index (κ1) is 9.93. The van der Waals surface area contributed by atoms with Crippen molar-refractivity contribution in [3.8, 4) is 0 Å². The quantitative estimate of drug-likeness (QED) is 0.647. The molecule has 0 amide bonds. The van der Waals surface area contributed by atoms with Crippen LogP contribution in [-0.4, -0.2) is 38.4 Å². The van der Waals surface area contributed by atoms with E-state index in [2.05, 4.69) is 5.32 Å². The van der Waals surface area contributed by atoms with Crippen LogP contribution in [0, 0.1) is 5.92 Å². The molecule has 0 aliphatic carbocycles. The number of hydrogen-bond acceptors (Lipinski definition) is 2. The minimum absolute atomic E-state index is 0.587. The average molecular weight is 174 g/mol. The van der Waals surface area contributed by atoms with E-state index in [0.717, 1.165) is 25.9 Å². The number of rotatable bonds is 3. The van der Waals surface area contributed by atoms with Gasteiger partial charge in [-0.25, -0.2) is 4.39 Å². The molecule has 0 aromatic heterocycles. The lowest BCUT2D eigenvalue weighted by molar-refractivity contribution is 0.0998. The lowest BCUT2D eigenvalue weighted by atomic mass is 9.94. The van der Waals surface area contributed by atoms with Gasteiger partial charge in [0.2, 0.25) is 0 Å². The maximum Gasteiger partial charge on any atom is 0.153 e. The van der Waals surface area contributed by atoms with Crippen LogP contribution in [0.25, 0.3) is 0 Å². The van der Waals surface area contributed by atoms with Gasteiger partial charge in [-0.1, -0.05) is 0 Å². The molecule has 1 unspecified atom stereocenters. The highest BCUT2D eigenvalue weighted by Crippen LogP contribution is 2.19. The summed E-state index contributed by atoms with van der Waals surface area (Å²) in [5.74, 6) is 0.587. The fourth-order valence-corrected chi connectivity index (χ4v) is 1.60. The van der Waals surface area contributed by atoms with Crippen LogP contribution in [0.2, 0.25) is 0 Å². The van der Waals surface area contributed by atoms with Gasteiger partial charge in [0.15, 0.2) is 6.30 Å². The van der Waals surface area contributed by atoms with Crippen LogP contribution in [-0.2, 0) is 0 Å². The van der Waals surface area contributed by atoms with E-state index in [1.807, 2.05) is 0 Å². The molecule has 0 spiro atoms. The second kappa shape index (κ2) is 4.77. The lowest BCUT2D eigenvalue weighted by Gasteiger charge is -2.26. The van der Waals surface area contributed by atoms with Gasteiger partial charge >= 0.3 is 0 Å². The predicted molar refractivity (Wildman–Crippen MR) is 48.8 cm³/mol. The van der Waals surface area contributed by atoms with Crippen molar-refractivity contribution in [3.63, 3.8) is 0 Å². The third kappa shape index (κ3) is 3.07. The highest BCUT2D eigenvalue weighted by atomic mass is 19.1. The molecule has 1 N–H and O–H groups in total. The second-order valence-corrected chi connectivity index (χ2v) is 3.83. The molecule has 12 heavy (non-hydrogen) atoms. The molecular weight excluding hydrogens is 155 g/mol. The summed E-state index contributed by atoms with van der Waals surface area (Å²) in [5.41, 5.74) is 0. The fourth-order valence-electron chi connectivity index (χ4n) is 1.60. The van der Waals surface area contributed by atoms with Crippen molar-refractivity contribution in [2.24, 2.45) is 5.92 Å². The Morgan fingerprint density at radius 1 is 1.42 bits per heavy atom. The fraction of sp³-hybridized carbons (Fsp3) is 1.00. The van der Waals surface area contributed by atoms with Gasteiger partial charge in [-0.2, -0.15) is 0 Å². The zero-order chi connectivity index (χ0) is 8.97. The van der Waals surface area contributed by atoms with Gasteiger partial charge in [0.1, 0.15) is 0 Å². The topological polar surface area (TPSA) is 15.3 Å². The summed E-state index contributed by atoms with van der Waals surface area (Å²) in [7, 11) is 3.59. The van der Waals surface area contributed by atoms with Crippen molar-refractivity contribution in [1.82, 2.24) is 10.2 Å². The minimum atomic E-state index is -0.756. The van der Waals surface area contributed by atoms with Crippen molar-refractivity contribution in [2.75, 3.05) is 27.2 Å². The summed E-state index contributed by atoms with van der Waals surface area (Å²) in [6.45, 7) is 2.12. The Labute approximate surface area is 74.1 Å². The van der Waals surface area contributed by atoms with Crippen LogP contribution in [0.4, 0.5) is 4.39 Å². The van der Waals surface area contributed by atoms with E-state index in [1.165, 1.54) is 0 Å². The number of alkyl halides is 1. The molecule has 0 aromatic carbocycles. The Balaban J connectivity index is 2.20. The molecule has 1 aliphatic rings. The molecule has 1 rings (SSSR count). The molecule has 1 atom stereocenters. The van der Waals surface area contributed by atoms with Crippen molar-refractivity contribution in [3.05, 3.63) is 0 Å². The van der Waals surface area contributed by atoms with Crippen LogP contribution in [0.1, 0.15) is 19.3 Å². The standard InChI is InChI=1S/C9H19FN2/c1-12(2)9(10)7-8-3-5-11-6-4-8/h8-9,11H,3-7H2,1-2H3. The van der Waals surface area contributed by atoms with Gasteiger partial charge in [0.25, 0.3) is 0 Å². The Kier molecular flexibility index (Phi) is 3.95. The van der Waals surface area contributed by atoms with E-state index in [0.29, 0.717) is 12.3 Å². The van der Waals surface area contributed by atoms with Crippen LogP contribution in [0.3, 0.4) is 0 Å². The zero-order valence-electron chi connectivity index (χ0n) is 8.02. The van der Waals surface area contributed by atoms with Gasteiger partial charge in [-0.05, 0) is 52.4 Å². The number of piperidine rings is 1. The molecule has 0 aromatic rings. The Bertz CT molecular complexity index is 122. The van der Waals surface area contributed by atoms with E-state index >= 15 is 0 Å². The average Bonchev–Trinajstić information content (AvgIpc) is 2.06. The van der Waals surface area contributed by atoms with Gasteiger partial charge in [-0.3, -0.25) is 4.90 Å². The number of hydrogen-bond donors (Lipinski definition) is 1. The summed E-state index contributed by atoms with van der Waals surface area (Å²) in [6, 6.07) is 0. The number of nitrogens with zero attached hydrogens (tertiary/aromatic N) is 1. The van der Waals surface area contributed by atoms with Gasteiger partial charge in [0, 0.05) is 0 Å². The van der Waals surface area contributed by atoms with E-state index < -0.39 is 6.30 Å². The SMILES string of the molecule is CN(C)C(F)CC1CCNCC1. The largest absolute Gasteiger partial charge is 0.317 e. The molecule has 3 heteroatoms. The summed E-state index contributed by atoms with van der Waals surface area (Å²) in [5, 5.41) is 3.28. The highest BCUT2D eigenvalue weighted by molar-refractivity contribution is 4.70. The van der Waals surface area contributed by atoms with Crippen molar-refractivity contribution < 1.29 is 4.39 Å². The first-order valence-electron chi connectivity index (χ1n) is 4.71. The summed E-state index contributed by atoms with van der Waals surface area (Å²) >= 11 is 0. The third-order valence-corrected chi connectivity index (χ3v) is 2.55. The molecule has 0 bridgehead atoms. The normalized spacial score (nSPS) is 23.0. The minimum Gasteiger partial charge on any atom is -0.317 e. The van der Waals surface area contributed by atoms with Gasteiger partial charge in [-0.15, -0.1) is 0 Å². The lowest BCUT2D eigenvalue weighted by Crippen LogP contribution is -2.32. The van der Waals surface area contributed by atoms with E-state index in [4.69, 9.17) is 0 Å². The molecule has 1 heterocycles. The molecular formula is C9H19FN2. The molecule has 1 aliphatic heterocycles. The molecule has 72 valence electrons. The molecule has 0 radical (unpaired) electrons. The predicted octanol–water partition coefficient (Wildman–Crippen LogP) is 1.23. The summed E-state index contributed by atoms with van der Waals surface area (Å²) in [4.78, 5) is 1.65. The van der Waals surface area contributed by atoms with Gasteiger partial charge in [0.05, 0.1) is 0 Å². The second-order valence-electron chi connectivity index (χ2n) is 3.83. The summed E-state index contributed by atoms with van der Waals surface area (Å²) < 4.78 is 13.2. The third-order valence-electron chi connectivity index (χ3n) is 2.55. The maximum atomic E-state index is 13.2. The Hall–Kier alpha value is -0.150. The van der Waals surface area contributed by atoms with E-state index in [9.17, 15) is 4.39 Å². The van der Waals surface area contributed by atoms with Crippen molar-refractivity contribution in [1.29, 1.82) is 0 Å². The van der Waals surface area contributed by atoms with Crippen LogP contribution >= 0.6 is 0 Å². The van der Waals surface area contributed by atoms with Crippen LogP contribution in [0.15, 0.2) is 0 Å². The Morgan fingerprint density at radius 3 is 2.50 bits per heavy atom. The number of halogens is 1. The van der Waals surface area contributed by atoms with Gasteiger partial charge < -0.3 is 5.32 Å².